The van der Waals surface area contributed by atoms with Gasteiger partial charge in [0.1, 0.15) is 12.7 Å². The molecule has 3 rings (SSSR count). The Hall–Kier alpha value is -2.17. The van der Waals surface area contributed by atoms with E-state index in [2.05, 4.69) is 51.5 Å². The lowest BCUT2D eigenvalue weighted by Gasteiger charge is -2.33. The zero-order valence-electron chi connectivity index (χ0n) is 17.7. The van der Waals surface area contributed by atoms with Gasteiger partial charge in [-0.25, -0.2) is 14.7 Å². The summed E-state index contributed by atoms with van der Waals surface area (Å²) in [7, 11) is 0. The topological polar surface area (TPSA) is 84.6 Å². The normalized spacial score (nSPS) is 14.9. The number of aromatic nitrogens is 3. The van der Waals surface area contributed by atoms with Crippen LogP contribution in [0.4, 0.5) is 0 Å². The van der Waals surface area contributed by atoms with Crippen LogP contribution in [0.2, 0.25) is 0 Å². The van der Waals surface area contributed by atoms with Gasteiger partial charge >= 0.3 is 5.97 Å². The Kier molecular flexibility index (Phi) is 10.0. The van der Waals surface area contributed by atoms with Crippen molar-refractivity contribution in [1.29, 1.82) is 0 Å². The van der Waals surface area contributed by atoms with Crippen LogP contribution in [0.3, 0.4) is 0 Å². The van der Waals surface area contributed by atoms with E-state index in [1.165, 1.54) is 5.56 Å². The van der Waals surface area contributed by atoms with E-state index in [0.717, 1.165) is 44.0 Å². The summed E-state index contributed by atoms with van der Waals surface area (Å²) in [5.41, 5.74) is 2.32. The van der Waals surface area contributed by atoms with E-state index in [-0.39, 0.29) is 35.9 Å². The molecule has 1 saturated heterocycles. The first kappa shape index (κ1) is 24.1. The van der Waals surface area contributed by atoms with Crippen LogP contribution < -0.4 is 5.32 Å². The molecular weight excluding hydrogens is 495 g/mol. The number of guanidine groups is 1. The van der Waals surface area contributed by atoms with Crippen molar-refractivity contribution in [2.24, 2.45) is 10.9 Å². The molecule has 0 aliphatic carbocycles. The summed E-state index contributed by atoms with van der Waals surface area (Å²) in [5, 5.41) is 7.54. The number of hydrogen-bond donors (Lipinski definition) is 1. The van der Waals surface area contributed by atoms with E-state index in [9.17, 15) is 4.79 Å². The molecule has 0 unspecified atom stereocenters. The Morgan fingerprint density at radius 2 is 2.03 bits per heavy atom. The summed E-state index contributed by atoms with van der Waals surface area (Å²) in [6, 6.07) is 8.38. The highest BCUT2D eigenvalue weighted by Gasteiger charge is 2.27. The van der Waals surface area contributed by atoms with Crippen molar-refractivity contribution in [2.75, 3.05) is 26.2 Å². The second-order valence-electron chi connectivity index (χ2n) is 7.10. The number of nitrogens with one attached hydrogen (secondary N) is 1. The fourth-order valence-electron chi connectivity index (χ4n) is 3.51. The molecule has 0 saturated carbocycles. The van der Waals surface area contributed by atoms with E-state index >= 15 is 0 Å². The third-order valence-corrected chi connectivity index (χ3v) is 4.96. The summed E-state index contributed by atoms with van der Waals surface area (Å²) in [6.45, 7) is 8.08. The number of ether oxygens (including phenoxy) is 1. The molecule has 0 bridgehead atoms. The minimum absolute atomic E-state index is 0. The summed E-state index contributed by atoms with van der Waals surface area (Å²) in [6.07, 6.45) is 4.86. The molecular formula is C21H31IN6O2. The molecule has 1 N–H and O–H groups in total. The van der Waals surface area contributed by atoms with E-state index in [1.54, 1.807) is 17.3 Å². The zero-order valence-corrected chi connectivity index (χ0v) is 20.0. The van der Waals surface area contributed by atoms with Gasteiger partial charge in [0.2, 0.25) is 0 Å². The molecule has 0 spiro atoms. The number of carbonyl (C=O) groups is 1. The van der Waals surface area contributed by atoms with Crippen LogP contribution in [0.5, 0.6) is 0 Å². The van der Waals surface area contributed by atoms with Crippen LogP contribution >= 0.6 is 24.0 Å². The second-order valence-corrected chi connectivity index (χ2v) is 7.10. The number of benzene rings is 1. The number of likely N-dealkylation sites (tertiary alicyclic amines) is 1. The minimum atomic E-state index is -0.0710. The fraction of sp³-hybridized carbons (Fsp3) is 0.524. The van der Waals surface area contributed by atoms with Gasteiger partial charge in [-0.15, -0.1) is 24.0 Å². The van der Waals surface area contributed by atoms with Crippen molar-refractivity contribution in [3.8, 4) is 0 Å². The van der Waals surface area contributed by atoms with E-state index in [1.807, 2.05) is 6.92 Å². The number of esters is 1. The lowest BCUT2D eigenvalue weighted by atomic mass is 9.97. The van der Waals surface area contributed by atoms with Gasteiger partial charge in [0.15, 0.2) is 5.96 Å². The monoisotopic (exact) mass is 526 g/mol. The van der Waals surface area contributed by atoms with Crippen LogP contribution in [-0.2, 0) is 22.6 Å². The molecule has 1 aromatic carbocycles. The van der Waals surface area contributed by atoms with Crippen molar-refractivity contribution < 1.29 is 9.53 Å². The van der Waals surface area contributed by atoms with Crippen LogP contribution in [0, 0.1) is 5.92 Å². The van der Waals surface area contributed by atoms with E-state index < -0.39 is 0 Å². The first-order chi connectivity index (χ1) is 14.2. The Morgan fingerprint density at radius 1 is 1.27 bits per heavy atom. The van der Waals surface area contributed by atoms with Crippen LogP contribution in [0.25, 0.3) is 0 Å². The van der Waals surface area contributed by atoms with Gasteiger partial charge in [-0.3, -0.25) is 4.79 Å². The van der Waals surface area contributed by atoms with Crippen LogP contribution in [-0.4, -0.2) is 57.8 Å². The molecule has 0 radical (unpaired) electrons. The maximum absolute atomic E-state index is 12.0. The van der Waals surface area contributed by atoms with Gasteiger partial charge in [0.05, 0.1) is 25.6 Å². The molecule has 0 atom stereocenters. The molecule has 8 nitrogen and oxygen atoms in total. The summed E-state index contributed by atoms with van der Waals surface area (Å²) < 4.78 is 6.97. The average molecular weight is 526 g/mol. The second kappa shape index (κ2) is 12.5. The summed E-state index contributed by atoms with van der Waals surface area (Å²) in [5.74, 6) is 0.831. The summed E-state index contributed by atoms with van der Waals surface area (Å²) >= 11 is 0. The number of halogens is 1. The molecule has 164 valence electrons. The predicted octanol–water partition coefficient (Wildman–Crippen LogP) is 2.69. The molecule has 0 amide bonds. The smallest absolute Gasteiger partial charge is 0.309 e. The Balaban J connectivity index is 0.00000320. The molecule has 1 aliphatic rings. The lowest BCUT2D eigenvalue weighted by Crippen LogP contribution is -2.46. The number of hydrogen-bond acceptors (Lipinski definition) is 5. The predicted molar refractivity (Wildman–Crippen MR) is 127 cm³/mol. The largest absolute Gasteiger partial charge is 0.466 e. The van der Waals surface area contributed by atoms with Crippen molar-refractivity contribution in [3.63, 3.8) is 0 Å². The number of nitrogens with zero attached hydrogens (tertiary/aromatic N) is 5. The third kappa shape index (κ3) is 6.96. The standard InChI is InChI=1S/C21H30N6O2.HI/c1-3-23-21(26-10-8-19(9-11-26)20(28)29-4-2)24-13-17-6-5-7-18(12-17)14-27-16-22-15-25-27;/h5-7,12,15-16,19H,3-4,8-11,13-14H2,1-2H3,(H,23,24);1H. The summed E-state index contributed by atoms with van der Waals surface area (Å²) in [4.78, 5) is 23.0. The van der Waals surface area contributed by atoms with Gasteiger partial charge in [0.25, 0.3) is 0 Å². The Bertz CT molecular complexity index is 804. The number of piperidine rings is 1. The minimum Gasteiger partial charge on any atom is -0.466 e. The van der Waals surface area contributed by atoms with E-state index in [0.29, 0.717) is 19.7 Å². The average Bonchev–Trinajstić information content (AvgIpc) is 3.25. The SMILES string of the molecule is CCNC(=NCc1cccc(Cn2cncn2)c1)N1CCC(C(=O)OCC)CC1.I. The molecule has 1 aliphatic heterocycles. The molecule has 1 fully saturated rings. The van der Waals surface area contributed by atoms with Gasteiger partial charge in [-0.1, -0.05) is 24.3 Å². The maximum atomic E-state index is 12.0. The quantitative estimate of drug-likeness (QED) is 0.259. The van der Waals surface area contributed by atoms with Crippen molar-refractivity contribution in [1.82, 2.24) is 25.0 Å². The maximum Gasteiger partial charge on any atom is 0.309 e. The number of rotatable bonds is 7. The van der Waals surface area contributed by atoms with Crippen LogP contribution in [0.1, 0.15) is 37.8 Å². The van der Waals surface area contributed by atoms with Crippen LogP contribution in [0.15, 0.2) is 41.9 Å². The fourth-order valence-corrected chi connectivity index (χ4v) is 3.51. The molecule has 2 heterocycles. The molecule has 30 heavy (non-hydrogen) atoms. The van der Waals surface area contributed by atoms with Gasteiger partial charge < -0.3 is 15.0 Å². The van der Waals surface area contributed by atoms with Crippen molar-refractivity contribution in [3.05, 3.63) is 48.0 Å². The highest BCUT2D eigenvalue weighted by atomic mass is 127. The first-order valence-electron chi connectivity index (χ1n) is 10.3. The Labute approximate surface area is 195 Å². The molecule has 2 aromatic rings. The first-order valence-corrected chi connectivity index (χ1v) is 10.3. The number of aliphatic imine (C=N–C) groups is 1. The van der Waals surface area contributed by atoms with Crippen molar-refractivity contribution >= 4 is 35.9 Å². The van der Waals surface area contributed by atoms with Gasteiger partial charge in [0, 0.05) is 19.6 Å². The molecule has 9 heteroatoms. The lowest BCUT2D eigenvalue weighted by molar-refractivity contribution is -0.149. The Morgan fingerprint density at radius 3 is 2.70 bits per heavy atom. The highest BCUT2D eigenvalue weighted by molar-refractivity contribution is 14.0. The van der Waals surface area contributed by atoms with Gasteiger partial charge in [-0.05, 0) is 37.8 Å². The zero-order chi connectivity index (χ0) is 20.5. The van der Waals surface area contributed by atoms with Gasteiger partial charge in [-0.2, -0.15) is 5.10 Å². The third-order valence-electron chi connectivity index (χ3n) is 4.96. The number of carbonyl (C=O) groups excluding carboxylic acids is 1. The molecule has 1 aromatic heterocycles. The van der Waals surface area contributed by atoms with E-state index in [4.69, 9.17) is 9.73 Å². The highest BCUT2D eigenvalue weighted by Crippen LogP contribution is 2.19. The van der Waals surface area contributed by atoms with Crippen molar-refractivity contribution in [2.45, 2.75) is 39.8 Å².